The summed E-state index contributed by atoms with van der Waals surface area (Å²) in [5.41, 5.74) is 4.24. The second-order valence-corrected chi connectivity index (χ2v) is 6.03. The maximum atomic E-state index is 12.8. The van der Waals surface area contributed by atoms with Crippen molar-refractivity contribution < 1.29 is 9.90 Å². The fraction of sp³-hybridized carbons (Fsp3) is 0.211. The Kier molecular flexibility index (Phi) is 4.63. The average Bonchev–Trinajstić information content (AvgIpc) is 2.61. The lowest BCUT2D eigenvalue weighted by Crippen LogP contribution is -2.22. The molecule has 0 atom stereocenters. The fourth-order valence-corrected chi connectivity index (χ4v) is 2.65. The van der Waals surface area contributed by atoms with Crippen LogP contribution in [0.3, 0.4) is 0 Å². The minimum Gasteiger partial charge on any atom is -0.387 e. The lowest BCUT2D eigenvalue weighted by molar-refractivity contribution is -0.118. The molecular weight excluding hydrogens is 318 g/mol. The van der Waals surface area contributed by atoms with Crippen molar-refractivity contribution in [3.05, 3.63) is 69.8 Å². The number of hydrogen-bond acceptors (Lipinski definition) is 4. The van der Waals surface area contributed by atoms with Crippen molar-refractivity contribution in [1.82, 2.24) is 9.55 Å². The van der Waals surface area contributed by atoms with E-state index in [1.165, 1.54) is 17.5 Å². The van der Waals surface area contributed by atoms with E-state index >= 15 is 0 Å². The van der Waals surface area contributed by atoms with Gasteiger partial charge in [0.05, 0.1) is 23.8 Å². The first kappa shape index (κ1) is 16.9. The van der Waals surface area contributed by atoms with Crippen molar-refractivity contribution in [1.29, 1.82) is 0 Å². The number of rotatable bonds is 4. The molecular formula is C19H19N3O3. The standard InChI is InChI=1S/C19H19N3O3/c1-12-3-4-14(7-13(12)2)9-22-11-20-17-6-5-15(21-18(24)10-23)8-16(17)19(22)25/h3-8,11,23H,9-10H2,1-2H3,(H,21,24). The number of aliphatic hydroxyl groups excluding tert-OH is 1. The predicted octanol–water partition coefficient (Wildman–Crippen LogP) is 1.99. The first-order chi connectivity index (χ1) is 12.0. The molecule has 0 aliphatic heterocycles. The topological polar surface area (TPSA) is 84.2 Å². The number of anilines is 1. The van der Waals surface area contributed by atoms with Gasteiger partial charge in [-0.2, -0.15) is 0 Å². The summed E-state index contributed by atoms with van der Waals surface area (Å²) in [5.74, 6) is -0.529. The van der Waals surface area contributed by atoms with Crippen LogP contribution in [0.2, 0.25) is 0 Å². The average molecular weight is 337 g/mol. The van der Waals surface area contributed by atoms with Crippen molar-refractivity contribution in [2.75, 3.05) is 11.9 Å². The largest absolute Gasteiger partial charge is 0.387 e. The van der Waals surface area contributed by atoms with Crippen molar-refractivity contribution in [2.45, 2.75) is 20.4 Å². The second kappa shape index (κ2) is 6.86. The first-order valence-electron chi connectivity index (χ1n) is 7.94. The van der Waals surface area contributed by atoms with Crippen LogP contribution in [0.4, 0.5) is 5.69 Å². The molecule has 0 saturated carbocycles. The summed E-state index contributed by atoms with van der Waals surface area (Å²) >= 11 is 0. The highest BCUT2D eigenvalue weighted by molar-refractivity contribution is 5.94. The van der Waals surface area contributed by atoms with Crippen LogP contribution in [0.1, 0.15) is 16.7 Å². The summed E-state index contributed by atoms with van der Waals surface area (Å²) < 4.78 is 1.55. The van der Waals surface area contributed by atoms with Gasteiger partial charge in [-0.15, -0.1) is 0 Å². The Morgan fingerprint density at radius 2 is 1.96 bits per heavy atom. The number of benzene rings is 2. The number of amides is 1. The molecule has 2 N–H and O–H groups in total. The van der Waals surface area contributed by atoms with Crippen LogP contribution in [0.15, 0.2) is 47.5 Å². The third kappa shape index (κ3) is 3.59. The van der Waals surface area contributed by atoms with Gasteiger partial charge >= 0.3 is 0 Å². The highest BCUT2D eigenvalue weighted by atomic mass is 16.3. The van der Waals surface area contributed by atoms with Gasteiger partial charge in [0.15, 0.2) is 0 Å². The van der Waals surface area contributed by atoms with Crippen molar-refractivity contribution >= 4 is 22.5 Å². The number of fused-ring (bicyclic) bond motifs is 1. The smallest absolute Gasteiger partial charge is 0.261 e. The van der Waals surface area contributed by atoms with Crippen LogP contribution < -0.4 is 10.9 Å². The number of aromatic nitrogens is 2. The first-order valence-corrected chi connectivity index (χ1v) is 7.94. The zero-order valence-corrected chi connectivity index (χ0v) is 14.1. The van der Waals surface area contributed by atoms with E-state index in [-0.39, 0.29) is 5.56 Å². The molecule has 6 nitrogen and oxygen atoms in total. The summed E-state index contributed by atoms with van der Waals surface area (Å²) in [5, 5.41) is 11.8. The summed E-state index contributed by atoms with van der Waals surface area (Å²) in [4.78, 5) is 28.4. The molecule has 0 bridgehead atoms. The van der Waals surface area contributed by atoms with Gasteiger partial charge in [0.2, 0.25) is 5.91 Å². The van der Waals surface area contributed by atoms with E-state index in [1.54, 1.807) is 22.8 Å². The number of hydrogen-bond donors (Lipinski definition) is 2. The monoisotopic (exact) mass is 337 g/mol. The molecule has 3 aromatic rings. The van der Waals surface area contributed by atoms with Crippen molar-refractivity contribution in [3.8, 4) is 0 Å². The van der Waals surface area contributed by atoms with Gasteiger partial charge in [0, 0.05) is 5.69 Å². The molecule has 1 aromatic heterocycles. The zero-order valence-electron chi connectivity index (χ0n) is 14.1. The van der Waals surface area contributed by atoms with Crippen molar-refractivity contribution in [3.63, 3.8) is 0 Å². The molecule has 1 heterocycles. The number of nitrogens with zero attached hydrogens (tertiary/aromatic N) is 2. The van der Waals surface area contributed by atoms with Crippen LogP contribution in [0.25, 0.3) is 10.9 Å². The van der Waals surface area contributed by atoms with Gasteiger partial charge in [-0.05, 0) is 48.7 Å². The molecule has 0 saturated heterocycles. The highest BCUT2D eigenvalue weighted by Gasteiger charge is 2.08. The molecule has 6 heteroatoms. The molecule has 0 unspecified atom stereocenters. The van der Waals surface area contributed by atoms with Crippen molar-refractivity contribution in [2.24, 2.45) is 0 Å². The fourth-order valence-electron chi connectivity index (χ4n) is 2.65. The third-order valence-corrected chi connectivity index (χ3v) is 4.18. The number of carbonyl (C=O) groups excluding carboxylic acids is 1. The molecule has 3 rings (SSSR count). The number of aliphatic hydroxyl groups is 1. The Labute approximate surface area is 144 Å². The van der Waals surface area contributed by atoms with Crippen LogP contribution in [-0.2, 0) is 11.3 Å². The molecule has 128 valence electrons. The van der Waals surface area contributed by atoms with E-state index in [4.69, 9.17) is 5.11 Å². The van der Waals surface area contributed by atoms with E-state index in [9.17, 15) is 9.59 Å². The molecule has 1 amide bonds. The summed E-state index contributed by atoms with van der Waals surface area (Å²) in [7, 11) is 0. The van der Waals surface area contributed by atoms with Gasteiger partial charge in [-0.3, -0.25) is 14.2 Å². The maximum absolute atomic E-state index is 12.8. The highest BCUT2D eigenvalue weighted by Crippen LogP contribution is 2.15. The minimum atomic E-state index is -0.609. The van der Waals surface area contributed by atoms with Gasteiger partial charge in [0.25, 0.3) is 5.56 Å². The Morgan fingerprint density at radius 1 is 1.16 bits per heavy atom. The second-order valence-electron chi connectivity index (χ2n) is 6.03. The van der Waals surface area contributed by atoms with Crippen LogP contribution >= 0.6 is 0 Å². The molecule has 0 fully saturated rings. The normalized spacial score (nSPS) is 10.8. The number of carbonyl (C=O) groups is 1. The Balaban J connectivity index is 1.98. The summed E-state index contributed by atoms with van der Waals surface area (Å²) in [6, 6.07) is 11.0. The van der Waals surface area contributed by atoms with Gasteiger partial charge in [0.1, 0.15) is 6.61 Å². The van der Waals surface area contributed by atoms with Gasteiger partial charge in [-0.25, -0.2) is 4.98 Å². The van der Waals surface area contributed by atoms with Crippen LogP contribution in [-0.4, -0.2) is 27.2 Å². The van der Waals surface area contributed by atoms with Crippen LogP contribution in [0.5, 0.6) is 0 Å². The quantitative estimate of drug-likeness (QED) is 0.762. The van der Waals surface area contributed by atoms with E-state index in [0.29, 0.717) is 23.1 Å². The zero-order chi connectivity index (χ0) is 18.0. The minimum absolute atomic E-state index is 0.177. The van der Waals surface area contributed by atoms with Gasteiger partial charge in [-0.1, -0.05) is 18.2 Å². The molecule has 0 radical (unpaired) electrons. The number of aryl methyl sites for hydroxylation is 2. The summed E-state index contributed by atoms with van der Waals surface area (Å²) in [6.45, 7) is 3.90. The lowest BCUT2D eigenvalue weighted by Gasteiger charge is -2.10. The summed E-state index contributed by atoms with van der Waals surface area (Å²) in [6.07, 6.45) is 1.53. The molecule has 2 aromatic carbocycles. The number of nitrogens with one attached hydrogen (secondary N) is 1. The van der Waals surface area contributed by atoms with Crippen LogP contribution in [0, 0.1) is 13.8 Å². The molecule has 0 aliphatic carbocycles. The SMILES string of the molecule is Cc1ccc(Cn2cnc3ccc(NC(=O)CO)cc3c2=O)cc1C. The Hall–Kier alpha value is -2.99. The van der Waals surface area contributed by atoms with Gasteiger partial charge < -0.3 is 10.4 Å². The van der Waals surface area contributed by atoms with E-state index in [0.717, 1.165) is 5.56 Å². The lowest BCUT2D eigenvalue weighted by atomic mass is 10.1. The van der Waals surface area contributed by atoms with E-state index in [2.05, 4.69) is 16.4 Å². The Morgan fingerprint density at radius 3 is 2.68 bits per heavy atom. The molecule has 0 aliphatic rings. The van der Waals surface area contributed by atoms with E-state index in [1.807, 2.05) is 26.0 Å². The van der Waals surface area contributed by atoms with E-state index < -0.39 is 12.5 Å². The Bertz CT molecular complexity index is 1010. The predicted molar refractivity (Wildman–Crippen MR) is 96.7 cm³/mol. The maximum Gasteiger partial charge on any atom is 0.261 e. The molecule has 25 heavy (non-hydrogen) atoms. The third-order valence-electron chi connectivity index (χ3n) is 4.18. The molecule has 0 spiro atoms.